The summed E-state index contributed by atoms with van der Waals surface area (Å²) in [5.41, 5.74) is 7.32. The van der Waals surface area contributed by atoms with Crippen molar-refractivity contribution in [2.45, 2.75) is 18.5 Å². The number of carbonyl (C=O) groups is 1. The van der Waals surface area contributed by atoms with Gasteiger partial charge in [-0.1, -0.05) is 12.1 Å². The molecule has 1 aliphatic rings. The molecule has 0 aromatic heterocycles. The maximum atomic E-state index is 12.0. The van der Waals surface area contributed by atoms with Crippen LogP contribution in [-0.2, 0) is 16.1 Å². The molecule has 5 heteroatoms. The Morgan fingerprint density at radius 2 is 2.11 bits per heavy atom. The Kier molecular flexibility index (Phi) is 4.07. The van der Waals surface area contributed by atoms with Gasteiger partial charge in [0.2, 0.25) is 5.91 Å². The average Bonchev–Trinajstić information content (AvgIpc) is 2.84. The lowest BCUT2D eigenvalue weighted by molar-refractivity contribution is -0.126. The molecular formula is C14H21N3O2. The Morgan fingerprint density at radius 3 is 2.63 bits per heavy atom. The molecule has 1 amide bonds. The number of carbonyl (C=O) groups excluding carboxylic acids is 1. The molecule has 1 aliphatic heterocycles. The first kappa shape index (κ1) is 13.8. The highest BCUT2D eigenvalue weighted by atomic mass is 16.5. The summed E-state index contributed by atoms with van der Waals surface area (Å²) in [6, 6.07) is 8.06. The number of rotatable bonds is 4. The summed E-state index contributed by atoms with van der Waals surface area (Å²) in [6.45, 7) is 1.35. The van der Waals surface area contributed by atoms with Gasteiger partial charge in [0.1, 0.15) is 5.54 Å². The summed E-state index contributed by atoms with van der Waals surface area (Å²) in [6.07, 6.45) is 0.582. The van der Waals surface area contributed by atoms with Crippen LogP contribution in [0.25, 0.3) is 0 Å². The van der Waals surface area contributed by atoms with Gasteiger partial charge in [0, 0.05) is 32.9 Å². The first-order chi connectivity index (χ1) is 9.01. The maximum absolute atomic E-state index is 12.0. The van der Waals surface area contributed by atoms with E-state index in [0.717, 1.165) is 11.3 Å². The quantitative estimate of drug-likeness (QED) is 0.829. The molecule has 0 radical (unpaired) electrons. The normalized spacial score (nSPS) is 22.3. The molecule has 1 saturated heterocycles. The molecule has 19 heavy (non-hydrogen) atoms. The average molecular weight is 263 g/mol. The molecule has 3 N–H and O–H groups in total. The van der Waals surface area contributed by atoms with Crippen LogP contribution in [0.2, 0.25) is 0 Å². The zero-order valence-electron chi connectivity index (χ0n) is 11.5. The number of nitrogens with two attached hydrogens (primary N) is 1. The number of nitrogens with zero attached hydrogens (tertiary/aromatic N) is 1. The summed E-state index contributed by atoms with van der Waals surface area (Å²) >= 11 is 0. The van der Waals surface area contributed by atoms with Crippen molar-refractivity contribution in [3.63, 3.8) is 0 Å². The third-order valence-electron chi connectivity index (χ3n) is 3.41. The third-order valence-corrected chi connectivity index (χ3v) is 3.41. The highest BCUT2D eigenvalue weighted by Gasteiger charge is 2.37. The van der Waals surface area contributed by atoms with Crippen LogP contribution in [0.15, 0.2) is 24.3 Å². The predicted molar refractivity (Wildman–Crippen MR) is 75.0 cm³/mol. The summed E-state index contributed by atoms with van der Waals surface area (Å²) in [5.74, 6) is -0.137. The lowest BCUT2D eigenvalue weighted by Crippen LogP contribution is -2.54. The number of anilines is 1. The van der Waals surface area contributed by atoms with E-state index >= 15 is 0 Å². The van der Waals surface area contributed by atoms with E-state index in [4.69, 9.17) is 10.5 Å². The smallest absolute Gasteiger partial charge is 0.242 e. The van der Waals surface area contributed by atoms with Gasteiger partial charge >= 0.3 is 0 Å². The van der Waals surface area contributed by atoms with E-state index in [9.17, 15) is 4.79 Å². The second-order valence-corrected chi connectivity index (χ2v) is 5.20. The van der Waals surface area contributed by atoms with E-state index in [1.165, 1.54) is 0 Å². The van der Waals surface area contributed by atoms with Crippen molar-refractivity contribution in [2.24, 2.45) is 5.73 Å². The van der Waals surface area contributed by atoms with Crippen LogP contribution in [0.4, 0.5) is 5.69 Å². The van der Waals surface area contributed by atoms with Crippen molar-refractivity contribution in [3.8, 4) is 0 Å². The van der Waals surface area contributed by atoms with Crippen LogP contribution in [0.1, 0.15) is 12.0 Å². The molecule has 1 aromatic rings. The highest BCUT2D eigenvalue weighted by molar-refractivity contribution is 5.86. The lowest BCUT2D eigenvalue weighted by Gasteiger charge is -2.20. The molecule has 0 spiro atoms. The Morgan fingerprint density at radius 1 is 1.42 bits per heavy atom. The van der Waals surface area contributed by atoms with Crippen molar-refractivity contribution in [2.75, 3.05) is 32.2 Å². The molecule has 5 nitrogen and oxygen atoms in total. The standard InChI is InChI=1S/C14H21N3O2/c1-17(2)12-5-3-11(4-6-12)9-16-13(18)14(15)7-8-19-10-14/h3-6H,7-10,15H2,1-2H3,(H,16,18). The largest absolute Gasteiger partial charge is 0.379 e. The number of hydrogen-bond acceptors (Lipinski definition) is 4. The van der Waals surface area contributed by atoms with Crippen LogP contribution >= 0.6 is 0 Å². The minimum Gasteiger partial charge on any atom is -0.379 e. The van der Waals surface area contributed by atoms with Gasteiger partial charge in [-0.3, -0.25) is 4.79 Å². The molecule has 2 rings (SSSR count). The van der Waals surface area contributed by atoms with Gasteiger partial charge in [0.25, 0.3) is 0 Å². The van der Waals surface area contributed by atoms with Crippen molar-refractivity contribution in [1.29, 1.82) is 0 Å². The molecule has 1 atom stereocenters. The first-order valence-corrected chi connectivity index (χ1v) is 6.42. The summed E-state index contributed by atoms with van der Waals surface area (Å²) in [5, 5.41) is 2.87. The van der Waals surface area contributed by atoms with Gasteiger partial charge in [0.15, 0.2) is 0 Å². The second-order valence-electron chi connectivity index (χ2n) is 5.20. The fourth-order valence-corrected chi connectivity index (χ4v) is 2.03. The zero-order chi connectivity index (χ0) is 13.9. The van der Waals surface area contributed by atoms with E-state index < -0.39 is 5.54 Å². The number of hydrogen-bond donors (Lipinski definition) is 2. The molecule has 1 heterocycles. The number of benzene rings is 1. The zero-order valence-corrected chi connectivity index (χ0v) is 11.5. The minimum atomic E-state index is -0.858. The van der Waals surface area contributed by atoms with Gasteiger partial charge < -0.3 is 20.7 Å². The number of amides is 1. The van der Waals surface area contributed by atoms with E-state index in [1.807, 2.05) is 43.3 Å². The molecule has 1 aromatic carbocycles. The van der Waals surface area contributed by atoms with Crippen LogP contribution in [-0.4, -0.2) is 38.8 Å². The summed E-state index contributed by atoms with van der Waals surface area (Å²) < 4.78 is 5.18. The van der Waals surface area contributed by atoms with Gasteiger partial charge in [-0.15, -0.1) is 0 Å². The number of nitrogens with one attached hydrogen (secondary N) is 1. The molecule has 0 saturated carbocycles. The topological polar surface area (TPSA) is 67.6 Å². The highest BCUT2D eigenvalue weighted by Crippen LogP contribution is 2.16. The monoisotopic (exact) mass is 263 g/mol. The third kappa shape index (κ3) is 3.24. The van der Waals surface area contributed by atoms with E-state index in [2.05, 4.69) is 5.32 Å². The molecule has 0 aliphatic carbocycles. The molecule has 1 unspecified atom stereocenters. The van der Waals surface area contributed by atoms with Crippen LogP contribution in [0, 0.1) is 0 Å². The van der Waals surface area contributed by atoms with E-state index in [-0.39, 0.29) is 5.91 Å². The fraction of sp³-hybridized carbons (Fsp3) is 0.500. The van der Waals surface area contributed by atoms with Gasteiger partial charge in [0.05, 0.1) is 6.61 Å². The molecule has 104 valence electrons. The second kappa shape index (κ2) is 5.59. The van der Waals surface area contributed by atoms with Crippen molar-refractivity contribution >= 4 is 11.6 Å². The number of ether oxygens (including phenoxy) is 1. The molecular weight excluding hydrogens is 242 g/mol. The van der Waals surface area contributed by atoms with Crippen molar-refractivity contribution in [3.05, 3.63) is 29.8 Å². The first-order valence-electron chi connectivity index (χ1n) is 6.42. The summed E-state index contributed by atoms with van der Waals surface area (Å²) in [4.78, 5) is 14.0. The maximum Gasteiger partial charge on any atom is 0.242 e. The SMILES string of the molecule is CN(C)c1ccc(CNC(=O)C2(N)CCOC2)cc1. The predicted octanol–water partition coefficient (Wildman–Crippen LogP) is 0.487. The van der Waals surface area contributed by atoms with E-state index in [1.54, 1.807) is 0 Å². The van der Waals surface area contributed by atoms with Crippen molar-refractivity contribution in [1.82, 2.24) is 5.32 Å². The van der Waals surface area contributed by atoms with Crippen LogP contribution in [0.3, 0.4) is 0 Å². The lowest BCUT2D eigenvalue weighted by atomic mass is 9.99. The fourth-order valence-electron chi connectivity index (χ4n) is 2.03. The van der Waals surface area contributed by atoms with Gasteiger partial charge in [-0.2, -0.15) is 0 Å². The van der Waals surface area contributed by atoms with Gasteiger partial charge in [-0.05, 0) is 24.1 Å². The van der Waals surface area contributed by atoms with Crippen LogP contribution < -0.4 is 16.0 Å². The van der Waals surface area contributed by atoms with Crippen molar-refractivity contribution < 1.29 is 9.53 Å². The molecule has 0 bridgehead atoms. The Labute approximate surface area is 113 Å². The van der Waals surface area contributed by atoms with E-state index in [0.29, 0.717) is 26.2 Å². The summed E-state index contributed by atoms with van der Waals surface area (Å²) in [7, 11) is 3.99. The Hall–Kier alpha value is -1.59. The molecule has 1 fully saturated rings. The minimum absolute atomic E-state index is 0.137. The Bertz CT molecular complexity index is 437. The Balaban J connectivity index is 1.90. The van der Waals surface area contributed by atoms with Gasteiger partial charge in [-0.25, -0.2) is 0 Å². The van der Waals surface area contributed by atoms with Crippen LogP contribution in [0.5, 0.6) is 0 Å².